The first-order chi connectivity index (χ1) is 9.42. The van der Waals surface area contributed by atoms with Crippen LogP contribution in [0.4, 0.5) is 4.39 Å². The average Bonchev–Trinajstić information content (AvgIpc) is 2.67. The minimum Gasteiger partial charge on any atom is -0.496 e. The molecule has 0 aromatic heterocycles. The van der Waals surface area contributed by atoms with Crippen molar-refractivity contribution in [3.05, 3.63) is 29.1 Å². The average molecular weight is 281 g/mol. The van der Waals surface area contributed by atoms with Crippen molar-refractivity contribution in [2.45, 2.75) is 19.9 Å². The van der Waals surface area contributed by atoms with Crippen LogP contribution in [0.15, 0.2) is 12.1 Å². The number of halogens is 1. The molecule has 1 aromatic rings. The number of rotatable bonds is 4. The number of carboxylic acid groups (broad SMARTS) is 1. The molecule has 1 atom stereocenters. The predicted octanol–water partition coefficient (Wildman–Crippen LogP) is 1.90. The first-order valence-electron chi connectivity index (χ1n) is 6.29. The van der Waals surface area contributed by atoms with Crippen LogP contribution in [0.25, 0.3) is 0 Å². The zero-order valence-electron chi connectivity index (χ0n) is 11.4. The molecule has 0 spiro atoms. The van der Waals surface area contributed by atoms with Crippen LogP contribution in [0, 0.1) is 11.7 Å². The van der Waals surface area contributed by atoms with Crippen molar-refractivity contribution in [2.75, 3.05) is 13.7 Å². The Morgan fingerprint density at radius 2 is 2.25 bits per heavy atom. The van der Waals surface area contributed by atoms with Crippen molar-refractivity contribution >= 4 is 11.9 Å². The van der Waals surface area contributed by atoms with E-state index in [9.17, 15) is 14.0 Å². The molecule has 5 nitrogen and oxygen atoms in total. The van der Waals surface area contributed by atoms with Gasteiger partial charge in [-0.25, -0.2) is 9.18 Å². The predicted molar refractivity (Wildman–Crippen MR) is 69.1 cm³/mol. The van der Waals surface area contributed by atoms with Gasteiger partial charge in [-0.1, -0.05) is 6.92 Å². The number of methoxy groups -OCH3 is 1. The molecular formula is C14H16FNO4. The van der Waals surface area contributed by atoms with Crippen molar-refractivity contribution in [2.24, 2.45) is 5.92 Å². The van der Waals surface area contributed by atoms with Crippen molar-refractivity contribution in [1.29, 1.82) is 0 Å². The normalized spacial score (nSPS) is 18.4. The van der Waals surface area contributed by atoms with Crippen molar-refractivity contribution < 1.29 is 23.8 Å². The van der Waals surface area contributed by atoms with Crippen molar-refractivity contribution in [1.82, 2.24) is 4.90 Å². The van der Waals surface area contributed by atoms with Crippen LogP contribution in [0.5, 0.6) is 5.75 Å². The van der Waals surface area contributed by atoms with Gasteiger partial charge in [-0.3, -0.25) is 4.79 Å². The van der Waals surface area contributed by atoms with E-state index < -0.39 is 17.3 Å². The molecule has 1 aliphatic heterocycles. The summed E-state index contributed by atoms with van der Waals surface area (Å²) < 4.78 is 18.8. The monoisotopic (exact) mass is 281 g/mol. The minimum atomic E-state index is -1.35. The second-order valence-electron chi connectivity index (χ2n) is 5.03. The highest BCUT2D eigenvalue weighted by atomic mass is 19.1. The number of nitrogens with zero attached hydrogens (tertiary/aromatic N) is 1. The van der Waals surface area contributed by atoms with Crippen LogP contribution < -0.4 is 4.74 Å². The van der Waals surface area contributed by atoms with E-state index in [1.54, 1.807) is 4.90 Å². The summed E-state index contributed by atoms with van der Waals surface area (Å²) in [6, 6.07) is 2.27. The highest BCUT2D eigenvalue weighted by Gasteiger charge is 2.27. The highest BCUT2D eigenvalue weighted by Crippen LogP contribution is 2.27. The third-order valence-corrected chi connectivity index (χ3v) is 3.37. The summed E-state index contributed by atoms with van der Waals surface area (Å²) in [5.74, 6) is -1.61. The zero-order valence-corrected chi connectivity index (χ0v) is 11.4. The van der Waals surface area contributed by atoms with E-state index in [4.69, 9.17) is 9.84 Å². The Hall–Kier alpha value is -2.11. The topological polar surface area (TPSA) is 66.8 Å². The fourth-order valence-electron chi connectivity index (χ4n) is 2.40. The molecule has 0 bridgehead atoms. The van der Waals surface area contributed by atoms with Crippen LogP contribution >= 0.6 is 0 Å². The lowest BCUT2D eigenvalue weighted by molar-refractivity contribution is -0.128. The molecule has 108 valence electrons. The van der Waals surface area contributed by atoms with Crippen LogP contribution in [-0.4, -0.2) is 35.5 Å². The van der Waals surface area contributed by atoms with Gasteiger partial charge in [0.05, 0.1) is 12.7 Å². The fraction of sp³-hybridized carbons (Fsp3) is 0.429. The fourth-order valence-corrected chi connectivity index (χ4v) is 2.40. The molecule has 1 N–H and O–H groups in total. The maximum absolute atomic E-state index is 13.7. The lowest BCUT2D eigenvalue weighted by Crippen LogP contribution is -2.25. The maximum Gasteiger partial charge on any atom is 0.338 e. The molecule has 6 heteroatoms. The molecule has 1 amide bonds. The Morgan fingerprint density at radius 3 is 2.75 bits per heavy atom. The van der Waals surface area contributed by atoms with Gasteiger partial charge in [0.15, 0.2) is 0 Å². The van der Waals surface area contributed by atoms with Crippen LogP contribution in [-0.2, 0) is 11.3 Å². The number of carbonyl (C=O) groups is 2. The number of ether oxygens (including phenoxy) is 1. The first-order valence-corrected chi connectivity index (χ1v) is 6.29. The highest BCUT2D eigenvalue weighted by molar-refractivity contribution is 5.88. The Balaban J connectivity index is 2.30. The molecule has 1 aromatic carbocycles. The van der Waals surface area contributed by atoms with Crippen molar-refractivity contribution in [3.8, 4) is 5.75 Å². The Bertz CT molecular complexity index is 558. The summed E-state index contributed by atoms with van der Waals surface area (Å²) in [4.78, 5) is 24.3. The molecule has 0 radical (unpaired) electrons. The number of carbonyl (C=O) groups excluding carboxylic acids is 1. The number of amides is 1. The molecule has 0 aliphatic carbocycles. The van der Waals surface area contributed by atoms with Crippen LogP contribution in [0.1, 0.15) is 29.3 Å². The summed E-state index contributed by atoms with van der Waals surface area (Å²) in [5.41, 5.74) is 0.0316. The van der Waals surface area contributed by atoms with E-state index in [0.29, 0.717) is 18.5 Å². The van der Waals surface area contributed by atoms with E-state index in [0.717, 1.165) is 12.1 Å². The third kappa shape index (κ3) is 2.74. The standard InChI is InChI=1S/C14H16FNO4/c1-8-3-13(17)16(6-8)7-9-4-11(15)10(14(18)19)5-12(9)20-2/h4-5,8H,3,6-7H2,1-2H3,(H,18,19). The molecule has 1 heterocycles. The van der Waals surface area contributed by atoms with Gasteiger partial charge in [-0.15, -0.1) is 0 Å². The Labute approximate surface area is 116 Å². The molecule has 0 saturated carbocycles. The van der Waals surface area contributed by atoms with E-state index in [-0.39, 0.29) is 24.1 Å². The molecule has 1 fully saturated rings. The Kier molecular flexibility index (Phi) is 3.92. The summed E-state index contributed by atoms with van der Waals surface area (Å²) in [7, 11) is 1.39. The van der Waals surface area contributed by atoms with Crippen molar-refractivity contribution in [3.63, 3.8) is 0 Å². The first kappa shape index (κ1) is 14.3. The molecule has 20 heavy (non-hydrogen) atoms. The number of carboxylic acids is 1. The van der Waals surface area contributed by atoms with Gasteiger partial charge in [-0.05, 0) is 18.1 Å². The number of benzene rings is 1. The zero-order chi connectivity index (χ0) is 14.9. The summed E-state index contributed by atoms with van der Waals surface area (Å²) in [5, 5.41) is 8.88. The molecule has 1 aliphatic rings. The number of aromatic carboxylic acids is 1. The van der Waals surface area contributed by atoms with Gasteiger partial charge < -0.3 is 14.7 Å². The van der Waals surface area contributed by atoms with E-state index in [2.05, 4.69) is 0 Å². The largest absolute Gasteiger partial charge is 0.496 e. The Morgan fingerprint density at radius 1 is 1.55 bits per heavy atom. The van der Waals surface area contributed by atoms with Gasteiger partial charge in [0.25, 0.3) is 0 Å². The molecule has 2 rings (SSSR count). The SMILES string of the molecule is COc1cc(C(=O)O)c(F)cc1CN1CC(C)CC1=O. The van der Waals surface area contributed by atoms with Gasteiger partial charge in [0.2, 0.25) is 5.91 Å². The third-order valence-electron chi connectivity index (χ3n) is 3.37. The van der Waals surface area contributed by atoms with Gasteiger partial charge in [0, 0.05) is 25.1 Å². The number of hydrogen-bond donors (Lipinski definition) is 1. The summed E-state index contributed by atoms with van der Waals surface area (Å²) in [6.45, 7) is 2.82. The van der Waals surface area contributed by atoms with Gasteiger partial charge in [0.1, 0.15) is 11.6 Å². The second kappa shape index (κ2) is 5.48. The quantitative estimate of drug-likeness (QED) is 0.915. The number of hydrogen-bond acceptors (Lipinski definition) is 3. The smallest absolute Gasteiger partial charge is 0.338 e. The maximum atomic E-state index is 13.7. The van der Waals surface area contributed by atoms with Gasteiger partial charge in [-0.2, -0.15) is 0 Å². The summed E-state index contributed by atoms with van der Waals surface area (Å²) in [6.07, 6.45) is 0.484. The summed E-state index contributed by atoms with van der Waals surface area (Å²) >= 11 is 0. The van der Waals surface area contributed by atoms with Gasteiger partial charge >= 0.3 is 5.97 Å². The minimum absolute atomic E-state index is 0.0160. The second-order valence-corrected chi connectivity index (χ2v) is 5.03. The van der Waals surface area contributed by atoms with E-state index >= 15 is 0 Å². The molecule has 1 unspecified atom stereocenters. The molecular weight excluding hydrogens is 265 g/mol. The van der Waals surface area contributed by atoms with E-state index in [1.165, 1.54) is 7.11 Å². The van der Waals surface area contributed by atoms with Crippen LogP contribution in [0.2, 0.25) is 0 Å². The van der Waals surface area contributed by atoms with E-state index in [1.807, 2.05) is 6.92 Å². The lowest BCUT2D eigenvalue weighted by Gasteiger charge is -2.18. The van der Waals surface area contributed by atoms with Crippen LogP contribution in [0.3, 0.4) is 0 Å². The number of likely N-dealkylation sites (tertiary alicyclic amines) is 1. The molecule has 1 saturated heterocycles. The lowest BCUT2D eigenvalue weighted by atomic mass is 10.1.